The Morgan fingerprint density at radius 2 is 2.22 bits per heavy atom. The summed E-state index contributed by atoms with van der Waals surface area (Å²) >= 11 is 3.60. The summed E-state index contributed by atoms with van der Waals surface area (Å²) in [5.74, 6) is 0. The molecular formula is C15H22BrNO. The average Bonchev–Trinajstić information content (AvgIpc) is 2.38. The molecule has 0 aromatic heterocycles. The highest BCUT2D eigenvalue weighted by atomic mass is 79.9. The third-order valence-electron chi connectivity index (χ3n) is 3.87. The number of aryl methyl sites for hydroxylation is 1. The lowest BCUT2D eigenvalue weighted by Crippen LogP contribution is -2.47. The fourth-order valence-electron chi connectivity index (χ4n) is 2.71. The van der Waals surface area contributed by atoms with Crippen LogP contribution in [-0.4, -0.2) is 25.8 Å². The summed E-state index contributed by atoms with van der Waals surface area (Å²) in [4.78, 5) is 2.46. The van der Waals surface area contributed by atoms with Gasteiger partial charge in [0.25, 0.3) is 0 Å². The molecule has 1 fully saturated rings. The second-order valence-corrected chi connectivity index (χ2v) is 6.01. The quantitative estimate of drug-likeness (QED) is 0.785. The standard InChI is InChI=1S/C15H22BrNO/c1-12-5-6-14(13(9-12)10-16)17-8-4-7-15(2,11-17)18-3/h5-6,9H,4,7-8,10-11H2,1-3H3. The van der Waals surface area contributed by atoms with Gasteiger partial charge in [0.05, 0.1) is 5.60 Å². The van der Waals surface area contributed by atoms with Crippen molar-refractivity contribution in [3.63, 3.8) is 0 Å². The lowest BCUT2D eigenvalue weighted by molar-refractivity contribution is -0.00467. The topological polar surface area (TPSA) is 12.5 Å². The van der Waals surface area contributed by atoms with Gasteiger partial charge in [-0.25, -0.2) is 0 Å². The summed E-state index contributed by atoms with van der Waals surface area (Å²) in [5.41, 5.74) is 4.03. The highest BCUT2D eigenvalue weighted by molar-refractivity contribution is 9.08. The van der Waals surface area contributed by atoms with Gasteiger partial charge in [-0.3, -0.25) is 0 Å². The van der Waals surface area contributed by atoms with E-state index in [2.05, 4.69) is 52.9 Å². The smallest absolute Gasteiger partial charge is 0.0825 e. The number of halogens is 1. The van der Waals surface area contributed by atoms with Crippen LogP contribution in [0, 0.1) is 6.92 Å². The van der Waals surface area contributed by atoms with E-state index in [1.165, 1.54) is 23.2 Å². The zero-order valence-electron chi connectivity index (χ0n) is 11.5. The number of nitrogens with zero attached hydrogens (tertiary/aromatic N) is 1. The van der Waals surface area contributed by atoms with Crippen LogP contribution >= 0.6 is 15.9 Å². The van der Waals surface area contributed by atoms with E-state index in [4.69, 9.17) is 4.74 Å². The van der Waals surface area contributed by atoms with Crippen molar-refractivity contribution in [3.05, 3.63) is 29.3 Å². The predicted molar refractivity (Wildman–Crippen MR) is 80.7 cm³/mol. The monoisotopic (exact) mass is 311 g/mol. The molecule has 1 saturated heterocycles. The Hall–Kier alpha value is -0.540. The van der Waals surface area contributed by atoms with Gasteiger partial charge in [-0.05, 0) is 38.3 Å². The van der Waals surface area contributed by atoms with E-state index in [0.717, 1.165) is 24.8 Å². The number of alkyl halides is 1. The molecule has 18 heavy (non-hydrogen) atoms. The van der Waals surface area contributed by atoms with Crippen molar-refractivity contribution in [1.29, 1.82) is 0 Å². The molecule has 100 valence electrons. The molecule has 2 rings (SSSR count). The second-order valence-electron chi connectivity index (χ2n) is 5.44. The van der Waals surface area contributed by atoms with E-state index in [1.54, 1.807) is 0 Å². The molecule has 3 heteroatoms. The lowest BCUT2D eigenvalue weighted by atomic mass is 9.93. The minimum Gasteiger partial charge on any atom is -0.377 e. The van der Waals surface area contributed by atoms with Crippen LogP contribution < -0.4 is 4.90 Å². The Morgan fingerprint density at radius 3 is 2.89 bits per heavy atom. The number of benzene rings is 1. The van der Waals surface area contributed by atoms with Crippen LogP contribution in [0.2, 0.25) is 0 Å². The van der Waals surface area contributed by atoms with Crippen molar-refractivity contribution in [2.45, 2.75) is 37.6 Å². The van der Waals surface area contributed by atoms with E-state index in [1.807, 2.05) is 7.11 Å². The largest absolute Gasteiger partial charge is 0.377 e. The van der Waals surface area contributed by atoms with E-state index in [9.17, 15) is 0 Å². The fourth-order valence-corrected chi connectivity index (χ4v) is 3.16. The Morgan fingerprint density at radius 1 is 1.44 bits per heavy atom. The van der Waals surface area contributed by atoms with Crippen LogP contribution in [-0.2, 0) is 10.1 Å². The maximum atomic E-state index is 5.67. The predicted octanol–water partition coefficient (Wildman–Crippen LogP) is 3.90. The zero-order valence-corrected chi connectivity index (χ0v) is 13.1. The van der Waals surface area contributed by atoms with E-state index in [0.29, 0.717) is 0 Å². The normalized spacial score (nSPS) is 24.3. The number of rotatable bonds is 3. The van der Waals surface area contributed by atoms with Crippen LogP contribution in [0.4, 0.5) is 5.69 Å². The van der Waals surface area contributed by atoms with Crippen molar-refractivity contribution in [1.82, 2.24) is 0 Å². The first-order chi connectivity index (χ1) is 8.58. The highest BCUT2D eigenvalue weighted by Gasteiger charge is 2.31. The molecule has 0 N–H and O–H groups in total. The van der Waals surface area contributed by atoms with E-state index >= 15 is 0 Å². The molecule has 2 nitrogen and oxygen atoms in total. The number of hydrogen-bond acceptors (Lipinski definition) is 2. The van der Waals surface area contributed by atoms with Gasteiger partial charge in [-0.2, -0.15) is 0 Å². The maximum Gasteiger partial charge on any atom is 0.0825 e. The van der Waals surface area contributed by atoms with Crippen molar-refractivity contribution in [2.75, 3.05) is 25.1 Å². The SMILES string of the molecule is COC1(C)CCCN(c2ccc(C)cc2CBr)C1. The van der Waals surface area contributed by atoms with Gasteiger partial charge < -0.3 is 9.64 Å². The summed E-state index contributed by atoms with van der Waals surface area (Å²) in [6, 6.07) is 6.70. The van der Waals surface area contributed by atoms with Gasteiger partial charge in [-0.15, -0.1) is 0 Å². The van der Waals surface area contributed by atoms with Gasteiger partial charge in [0.15, 0.2) is 0 Å². The molecule has 1 atom stereocenters. The Kier molecular flexibility index (Phi) is 4.33. The minimum absolute atomic E-state index is 0.00722. The third kappa shape index (κ3) is 2.89. The Balaban J connectivity index is 2.25. The van der Waals surface area contributed by atoms with Gasteiger partial charge >= 0.3 is 0 Å². The van der Waals surface area contributed by atoms with E-state index < -0.39 is 0 Å². The number of piperidine rings is 1. The molecule has 0 aliphatic carbocycles. The van der Waals surface area contributed by atoms with Crippen LogP contribution in [0.3, 0.4) is 0 Å². The van der Waals surface area contributed by atoms with Crippen molar-refractivity contribution in [3.8, 4) is 0 Å². The number of ether oxygens (including phenoxy) is 1. The first-order valence-electron chi connectivity index (χ1n) is 6.53. The fraction of sp³-hybridized carbons (Fsp3) is 0.600. The highest BCUT2D eigenvalue weighted by Crippen LogP contribution is 2.31. The van der Waals surface area contributed by atoms with Crippen molar-refractivity contribution < 1.29 is 4.74 Å². The molecule has 0 radical (unpaired) electrons. The summed E-state index contributed by atoms with van der Waals surface area (Å²) in [5, 5.41) is 0.907. The van der Waals surface area contributed by atoms with Crippen LogP contribution in [0.1, 0.15) is 30.9 Å². The summed E-state index contributed by atoms with van der Waals surface area (Å²) in [6.07, 6.45) is 2.34. The molecule has 0 saturated carbocycles. The molecule has 0 bridgehead atoms. The third-order valence-corrected chi connectivity index (χ3v) is 4.48. The first-order valence-corrected chi connectivity index (χ1v) is 7.66. The second kappa shape index (κ2) is 5.62. The maximum absolute atomic E-state index is 5.67. The molecule has 1 aromatic rings. The van der Waals surface area contributed by atoms with Gasteiger partial charge in [-0.1, -0.05) is 33.6 Å². The lowest BCUT2D eigenvalue weighted by Gasteiger charge is -2.41. The van der Waals surface area contributed by atoms with Crippen LogP contribution in [0.25, 0.3) is 0 Å². The van der Waals surface area contributed by atoms with Crippen LogP contribution in [0.5, 0.6) is 0 Å². The van der Waals surface area contributed by atoms with Gasteiger partial charge in [0.1, 0.15) is 0 Å². The van der Waals surface area contributed by atoms with Gasteiger partial charge in [0, 0.05) is 31.2 Å². The molecule has 1 aliphatic rings. The Labute approximate surface area is 118 Å². The number of anilines is 1. The Bertz CT molecular complexity index is 421. The molecule has 1 heterocycles. The molecule has 0 spiro atoms. The summed E-state index contributed by atoms with van der Waals surface area (Å²) in [7, 11) is 1.82. The molecular weight excluding hydrogens is 290 g/mol. The van der Waals surface area contributed by atoms with Gasteiger partial charge in [0.2, 0.25) is 0 Å². The average molecular weight is 312 g/mol. The van der Waals surface area contributed by atoms with Crippen LogP contribution in [0.15, 0.2) is 18.2 Å². The molecule has 0 amide bonds. The molecule has 1 aliphatic heterocycles. The zero-order chi connectivity index (χ0) is 13.2. The summed E-state index contributed by atoms with van der Waals surface area (Å²) < 4.78 is 5.67. The van der Waals surface area contributed by atoms with E-state index in [-0.39, 0.29) is 5.60 Å². The first kappa shape index (κ1) is 13.9. The molecule has 1 aromatic carbocycles. The van der Waals surface area contributed by atoms with Crippen molar-refractivity contribution >= 4 is 21.6 Å². The number of hydrogen-bond donors (Lipinski definition) is 0. The van der Waals surface area contributed by atoms with Crippen molar-refractivity contribution in [2.24, 2.45) is 0 Å². The molecule has 1 unspecified atom stereocenters. The minimum atomic E-state index is -0.00722. The number of methoxy groups -OCH3 is 1. The summed E-state index contributed by atoms with van der Waals surface area (Å²) in [6.45, 7) is 6.46.